The quantitative estimate of drug-likeness (QED) is 0.597. The SMILES string of the molecule is CN=C(NCc1cccc(OC)c1)NCC(C)(C)CN(C)C. The van der Waals surface area contributed by atoms with Gasteiger partial charge in [-0.2, -0.15) is 0 Å². The number of methoxy groups -OCH3 is 1. The van der Waals surface area contributed by atoms with E-state index in [0.29, 0.717) is 6.54 Å². The number of nitrogens with one attached hydrogen (secondary N) is 2. The Balaban J connectivity index is 2.49. The van der Waals surface area contributed by atoms with Crippen molar-refractivity contribution < 1.29 is 4.74 Å². The van der Waals surface area contributed by atoms with Crippen molar-refractivity contribution >= 4 is 5.96 Å². The van der Waals surface area contributed by atoms with Gasteiger partial charge in [-0.15, -0.1) is 0 Å². The van der Waals surface area contributed by atoms with Crippen LogP contribution in [0.2, 0.25) is 0 Å². The average Bonchev–Trinajstić information content (AvgIpc) is 2.46. The maximum absolute atomic E-state index is 5.24. The molecule has 0 amide bonds. The van der Waals surface area contributed by atoms with Crippen LogP contribution in [0.15, 0.2) is 29.3 Å². The van der Waals surface area contributed by atoms with E-state index < -0.39 is 0 Å². The lowest BCUT2D eigenvalue weighted by Crippen LogP contribution is -2.44. The zero-order valence-electron chi connectivity index (χ0n) is 14.7. The molecule has 0 radical (unpaired) electrons. The summed E-state index contributed by atoms with van der Waals surface area (Å²) in [6.45, 7) is 7.09. The zero-order chi connectivity index (χ0) is 16.6. The summed E-state index contributed by atoms with van der Waals surface area (Å²) >= 11 is 0. The van der Waals surface area contributed by atoms with Crippen molar-refractivity contribution in [2.24, 2.45) is 10.4 Å². The number of aliphatic imine (C=N–C) groups is 1. The summed E-state index contributed by atoms with van der Waals surface area (Å²) in [5.74, 6) is 1.68. The standard InChI is InChI=1S/C17H30N4O/c1-17(2,13-21(4)5)12-20-16(18-3)19-11-14-8-7-9-15(10-14)22-6/h7-10H,11-13H2,1-6H3,(H2,18,19,20). The van der Waals surface area contributed by atoms with Crippen molar-refractivity contribution in [2.45, 2.75) is 20.4 Å². The molecule has 0 atom stereocenters. The van der Waals surface area contributed by atoms with Crippen LogP contribution in [-0.2, 0) is 6.54 Å². The van der Waals surface area contributed by atoms with Gasteiger partial charge >= 0.3 is 0 Å². The molecule has 0 heterocycles. The monoisotopic (exact) mass is 306 g/mol. The van der Waals surface area contributed by atoms with Gasteiger partial charge in [0.2, 0.25) is 0 Å². The Morgan fingerprint density at radius 1 is 1.27 bits per heavy atom. The fourth-order valence-corrected chi connectivity index (χ4v) is 2.42. The highest BCUT2D eigenvalue weighted by Gasteiger charge is 2.19. The highest BCUT2D eigenvalue weighted by molar-refractivity contribution is 5.79. The first-order valence-electron chi connectivity index (χ1n) is 7.58. The number of hydrogen-bond acceptors (Lipinski definition) is 3. The molecule has 2 N–H and O–H groups in total. The van der Waals surface area contributed by atoms with E-state index >= 15 is 0 Å². The summed E-state index contributed by atoms with van der Waals surface area (Å²) in [7, 11) is 7.66. The van der Waals surface area contributed by atoms with Crippen LogP contribution in [0.3, 0.4) is 0 Å². The Morgan fingerprint density at radius 2 is 2.00 bits per heavy atom. The molecular formula is C17H30N4O. The minimum Gasteiger partial charge on any atom is -0.497 e. The third-order valence-corrected chi connectivity index (χ3v) is 3.30. The van der Waals surface area contributed by atoms with Gasteiger partial charge in [-0.05, 0) is 37.2 Å². The predicted octanol–water partition coefficient (Wildman–Crippen LogP) is 1.95. The van der Waals surface area contributed by atoms with Gasteiger partial charge in [0.05, 0.1) is 7.11 Å². The number of nitrogens with zero attached hydrogens (tertiary/aromatic N) is 2. The van der Waals surface area contributed by atoms with Crippen molar-refractivity contribution in [1.29, 1.82) is 0 Å². The van der Waals surface area contributed by atoms with Gasteiger partial charge in [0.25, 0.3) is 0 Å². The van der Waals surface area contributed by atoms with Crippen LogP contribution < -0.4 is 15.4 Å². The normalized spacial score (nSPS) is 12.4. The average molecular weight is 306 g/mol. The molecule has 5 nitrogen and oxygen atoms in total. The smallest absolute Gasteiger partial charge is 0.191 e. The number of hydrogen-bond donors (Lipinski definition) is 2. The van der Waals surface area contributed by atoms with Gasteiger partial charge in [0.15, 0.2) is 5.96 Å². The van der Waals surface area contributed by atoms with Gasteiger partial charge in [-0.3, -0.25) is 4.99 Å². The largest absolute Gasteiger partial charge is 0.497 e. The summed E-state index contributed by atoms with van der Waals surface area (Å²) in [4.78, 5) is 6.48. The summed E-state index contributed by atoms with van der Waals surface area (Å²) in [6, 6.07) is 8.03. The van der Waals surface area contributed by atoms with E-state index in [1.807, 2.05) is 18.2 Å². The molecule has 0 saturated heterocycles. The van der Waals surface area contributed by atoms with Crippen LogP contribution in [0.25, 0.3) is 0 Å². The molecule has 0 fully saturated rings. The number of benzene rings is 1. The third-order valence-electron chi connectivity index (χ3n) is 3.30. The number of ether oxygens (including phenoxy) is 1. The summed E-state index contributed by atoms with van der Waals surface area (Å²) in [5, 5.41) is 6.73. The van der Waals surface area contributed by atoms with E-state index in [2.05, 4.69) is 54.5 Å². The van der Waals surface area contributed by atoms with Crippen LogP contribution in [0.1, 0.15) is 19.4 Å². The molecule has 0 aromatic heterocycles. The second-order valence-electron chi connectivity index (χ2n) is 6.53. The lowest BCUT2D eigenvalue weighted by Gasteiger charge is -2.29. The second-order valence-corrected chi connectivity index (χ2v) is 6.53. The number of rotatable bonds is 7. The Kier molecular flexibility index (Phi) is 7.18. The Bertz CT molecular complexity index is 483. The van der Waals surface area contributed by atoms with E-state index in [-0.39, 0.29) is 5.41 Å². The van der Waals surface area contributed by atoms with Crippen LogP contribution in [0.5, 0.6) is 5.75 Å². The molecule has 0 aliphatic carbocycles. The van der Waals surface area contributed by atoms with Crippen LogP contribution in [-0.4, -0.2) is 52.2 Å². The second kappa shape index (κ2) is 8.63. The zero-order valence-corrected chi connectivity index (χ0v) is 14.7. The van der Waals surface area contributed by atoms with Crippen molar-refractivity contribution in [1.82, 2.24) is 15.5 Å². The van der Waals surface area contributed by atoms with Crippen molar-refractivity contribution in [3.05, 3.63) is 29.8 Å². The highest BCUT2D eigenvalue weighted by Crippen LogP contribution is 2.14. The summed E-state index contributed by atoms with van der Waals surface area (Å²) in [5.41, 5.74) is 1.34. The topological polar surface area (TPSA) is 48.9 Å². The molecule has 5 heteroatoms. The Morgan fingerprint density at radius 3 is 2.59 bits per heavy atom. The molecule has 1 aromatic rings. The van der Waals surface area contributed by atoms with Gasteiger partial charge < -0.3 is 20.3 Å². The molecule has 0 aliphatic heterocycles. The third kappa shape index (κ3) is 6.80. The summed E-state index contributed by atoms with van der Waals surface area (Å²) in [6.07, 6.45) is 0. The van der Waals surface area contributed by atoms with E-state index in [1.54, 1.807) is 14.2 Å². The van der Waals surface area contributed by atoms with E-state index in [4.69, 9.17) is 4.74 Å². The minimum absolute atomic E-state index is 0.178. The maximum atomic E-state index is 5.24. The number of guanidine groups is 1. The molecule has 0 saturated carbocycles. The lowest BCUT2D eigenvalue weighted by molar-refractivity contribution is 0.241. The molecule has 0 aliphatic rings. The van der Waals surface area contributed by atoms with Gasteiger partial charge in [-0.25, -0.2) is 0 Å². The first kappa shape index (κ1) is 18.3. The first-order chi connectivity index (χ1) is 10.4. The maximum Gasteiger partial charge on any atom is 0.191 e. The van der Waals surface area contributed by atoms with Crippen LogP contribution in [0, 0.1) is 5.41 Å². The van der Waals surface area contributed by atoms with Crippen LogP contribution in [0.4, 0.5) is 0 Å². The molecule has 1 aromatic carbocycles. The van der Waals surface area contributed by atoms with E-state index in [9.17, 15) is 0 Å². The van der Waals surface area contributed by atoms with Gasteiger partial charge in [0, 0.05) is 26.7 Å². The van der Waals surface area contributed by atoms with Crippen molar-refractivity contribution in [2.75, 3.05) is 41.3 Å². The molecule has 1 rings (SSSR count). The van der Waals surface area contributed by atoms with Crippen molar-refractivity contribution in [3.8, 4) is 5.75 Å². The molecule has 124 valence electrons. The van der Waals surface area contributed by atoms with E-state index in [1.165, 1.54) is 0 Å². The fraction of sp³-hybridized carbons (Fsp3) is 0.588. The van der Waals surface area contributed by atoms with E-state index in [0.717, 1.165) is 30.4 Å². The predicted molar refractivity (Wildman–Crippen MR) is 93.5 cm³/mol. The van der Waals surface area contributed by atoms with Crippen LogP contribution >= 0.6 is 0 Å². The minimum atomic E-state index is 0.178. The highest BCUT2D eigenvalue weighted by atomic mass is 16.5. The van der Waals surface area contributed by atoms with Crippen molar-refractivity contribution in [3.63, 3.8) is 0 Å². The molecule has 0 unspecified atom stereocenters. The molecular weight excluding hydrogens is 276 g/mol. The Labute approximate surface area is 134 Å². The lowest BCUT2D eigenvalue weighted by atomic mass is 9.93. The van der Waals surface area contributed by atoms with Gasteiger partial charge in [-0.1, -0.05) is 26.0 Å². The first-order valence-corrected chi connectivity index (χ1v) is 7.58. The van der Waals surface area contributed by atoms with Gasteiger partial charge in [0.1, 0.15) is 5.75 Å². The Hall–Kier alpha value is -1.75. The fourth-order valence-electron chi connectivity index (χ4n) is 2.42. The molecule has 0 bridgehead atoms. The molecule has 0 spiro atoms. The summed E-state index contributed by atoms with van der Waals surface area (Å²) < 4.78 is 5.24. The molecule has 22 heavy (non-hydrogen) atoms.